The molecule has 0 unspecified atom stereocenters. The molecule has 4 nitrogen and oxygen atoms in total. The number of aromatic nitrogens is 1. The molecule has 130 valence electrons. The summed E-state index contributed by atoms with van der Waals surface area (Å²) in [5.41, 5.74) is 1.52. The maximum absolute atomic E-state index is 12.5. The van der Waals surface area contributed by atoms with Gasteiger partial charge in [0.2, 0.25) is 0 Å². The van der Waals surface area contributed by atoms with E-state index in [0.717, 1.165) is 28.9 Å². The van der Waals surface area contributed by atoms with Crippen molar-refractivity contribution in [2.24, 2.45) is 4.99 Å². The topological polar surface area (TPSA) is 43.6 Å². The molecule has 0 N–H and O–H groups in total. The Hall–Kier alpha value is -2.11. The number of hydrogen-bond acceptors (Lipinski definition) is 3. The first kappa shape index (κ1) is 17.7. The van der Waals surface area contributed by atoms with Crippen LogP contribution in [0.2, 0.25) is 5.02 Å². The van der Waals surface area contributed by atoms with Gasteiger partial charge in [0.05, 0.1) is 11.3 Å². The lowest BCUT2D eigenvalue weighted by molar-refractivity contribution is 0.0998. The Bertz CT molecular complexity index is 958. The number of nitrogens with zero attached hydrogens (tertiary/aromatic N) is 2. The van der Waals surface area contributed by atoms with Crippen LogP contribution in [0.3, 0.4) is 0 Å². The molecule has 0 bridgehead atoms. The van der Waals surface area contributed by atoms with Crippen LogP contribution in [-0.4, -0.2) is 17.1 Å². The van der Waals surface area contributed by atoms with Crippen molar-refractivity contribution in [1.82, 2.24) is 4.57 Å². The normalized spacial score (nSPS) is 11.9. The highest BCUT2D eigenvalue weighted by Gasteiger charge is 2.12. The molecule has 6 heteroatoms. The molecule has 0 saturated carbocycles. The molecule has 3 aromatic rings. The lowest BCUT2D eigenvalue weighted by Crippen LogP contribution is -2.17. The minimum Gasteiger partial charge on any atom is -0.492 e. The molecule has 0 atom stereocenters. The summed E-state index contributed by atoms with van der Waals surface area (Å²) in [6, 6.07) is 12.7. The van der Waals surface area contributed by atoms with Crippen molar-refractivity contribution >= 4 is 39.1 Å². The van der Waals surface area contributed by atoms with Gasteiger partial charge in [-0.15, -0.1) is 0 Å². The Morgan fingerprint density at radius 3 is 2.64 bits per heavy atom. The fourth-order valence-corrected chi connectivity index (χ4v) is 3.83. The van der Waals surface area contributed by atoms with E-state index >= 15 is 0 Å². The Balaban J connectivity index is 2.14. The third kappa shape index (κ3) is 3.78. The van der Waals surface area contributed by atoms with Gasteiger partial charge in [-0.05, 0) is 49.7 Å². The Morgan fingerprint density at radius 2 is 1.96 bits per heavy atom. The van der Waals surface area contributed by atoms with E-state index in [9.17, 15) is 4.79 Å². The lowest BCUT2D eigenvalue weighted by Gasteiger charge is -2.08. The maximum Gasteiger partial charge on any atom is 0.279 e. The summed E-state index contributed by atoms with van der Waals surface area (Å²) >= 11 is 7.39. The first-order valence-corrected chi connectivity index (χ1v) is 9.43. The van der Waals surface area contributed by atoms with Crippen LogP contribution in [-0.2, 0) is 6.54 Å². The number of carbonyl (C=O) groups excluding carboxylic acids is 1. The molecule has 0 fully saturated rings. The first-order valence-electron chi connectivity index (χ1n) is 8.23. The maximum atomic E-state index is 12.5. The van der Waals surface area contributed by atoms with Gasteiger partial charge in [0.1, 0.15) is 11.3 Å². The number of thiazole rings is 1. The zero-order valence-corrected chi connectivity index (χ0v) is 15.7. The van der Waals surface area contributed by atoms with Gasteiger partial charge < -0.3 is 9.30 Å². The molecule has 3 rings (SSSR count). The van der Waals surface area contributed by atoms with Gasteiger partial charge in [-0.1, -0.05) is 35.9 Å². The summed E-state index contributed by atoms with van der Waals surface area (Å²) in [5, 5.41) is 0.598. The zero-order chi connectivity index (χ0) is 17.8. The van der Waals surface area contributed by atoms with Crippen molar-refractivity contribution in [2.75, 3.05) is 6.61 Å². The van der Waals surface area contributed by atoms with E-state index in [4.69, 9.17) is 16.3 Å². The Kier molecular flexibility index (Phi) is 5.56. The summed E-state index contributed by atoms with van der Waals surface area (Å²) in [7, 11) is 0. The summed E-state index contributed by atoms with van der Waals surface area (Å²) in [5.74, 6) is 0.552. The van der Waals surface area contributed by atoms with Gasteiger partial charge in [-0.2, -0.15) is 4.99 Å². The van der Waals surface area contributed by atoms with E-state index in [-0.39, 0.29) is 5.91 Å². The largest absolute Gasteiger partial charge is 0.492 e. The number of benzene rings is 2. The quantitative estimate of drug-likeness (QED) is 0.637. The van der Waals surface area contributed by atoms with Gasteiger partial charge in [-0.25, -0.2) is 0 Å². The van der Waals surface area contributed by atoms with Gasteiger partial charge in [0, 0.05) is 17.1 Å². The van der Waals surface area contributed by atoms with Crippen molar-refractivity contribution < 1.29 is 9.53 Å². The molecule has 0 radical (unpaired) electrons. The highest BCUT2D eigenvalue weighted by Crippen LogP contribution is 2.28. The lowest BCUT2D eigenvalue weighted by atomic mass is 10.2. The van der Waals surface area contributed by atoms with Crippen molar-refractivity contribution in [3.63, 3.8) is 0 Å². The standard InChI is InChI=1S/C19H19ClN2O2S/c1-3-12-22-17-15(24-4-2)6-5-7-16(17)25-19(22)21-18(23)13-8-10-14(20)11-9-13/h5-11H,3-4,12H2,1-2H3. The van der Waals surface area contributed by atoms with Crippen molar-refractivity contribution in [3.8, 4) is 5.75 Å². The molecule has 1 amide bonds. The van der Waals surface area contributed by atoms with Gasteiger partial charge >= 0.3 is 0 Å². The number of rotatable bonds is 5. The van der Waals surface area contributed by atoms with Crippen LogP contribution in [0.4, 0.5) is 0 Å². The molecule has 0 spiro atoms. The number of para-hydroxylation sites is 1. The number of hydrogen-bond donors (Lipinski definition) is 0. The number of ether oxygens (including phenoxy) is 1. The second-order valence-electron chi connectivity index (χ2n) is 5.50. The predicted octanol–water partition coefficient (Wildman–Crippen LogP) is 4.91. The molecular weight excluding hydrogens is 356 g/mol. The summed E-state index contributed by atoms with van der Waals surface area (Å²) in [6.07, 6.45) is 0.939. The van der Waals surface area contributed by atoms with E-state index in [1.165, 1.54) is 11.3 Å². The fourth-order valence-electron chi connectivity index (χ4n) is 2.63. The van der Waals surface area contributed by atoms with E-state index < -0.39 is 0 Å². The number of fused-ring (bicyclic) bond motifs is 1. The molecule has 1 aromatic heterocycles. The van der Waals surface area contributed by atoms with E-state index in [2.05, 4.69) is 16.5 Å². The zero-order valence-electron chi connectivity index (χ0n) is 14.2. The van der Waals surface area contributed by atoms with E-state index in [0.29, 0.717) is 22.0 Å². The van der Waals surface area contributed by atoms with Crippen molar-refractivity contribution in [1.29, 1.82) is 0 Å². The van der Waals surface area contributed by atoms with E-state index in [1.807, 2.05) is 25.1 Å². The van der Waals surface area contributed by atoms with Crippen molar-refractivity contribution in [2.45, 2.75) is 26.8 Å². The van der Waals surface area contributed by atoms with Crippen LogP contribution in [0.15, 0.2) is 47.5 Å². The molecule has 0 aliphatic carbocycles. The highest BCUT2D eigenvalue weighted by atomic mass is 35.5. The van der Waals surface area contributed by atoms with Crippen LogP contribution >= 0.6 is 22.9 Å². The summed E-state index contributed by atoms with van der Waals surface area (Å²) in [4.78, 5) is 17.6. The smallest absolute Gasteiger partial charge is 0.279 e. The monoisotopic (exact) mass is 374 g/mol. The predicted molar refractivity (Wildman–Crippen MR) is 103 cm³/mol. The van der Waals surface area contributed by atoms with Crippen LogP contribution in [0.5, 0.6) is 5.75 Å². The molecule has 2 aromatic carbocycles. The average molecular weight is 375 g/mol. The molecule has 1 heterocycles. The van der Waals surface area contributed by atoms with Crippen molar-refractivity contribution in [3.05, 3.63) is 57.9 Å². The van der Waals surface area contributed by atoms with E-state index in [1.54, 1.807) is 24.3 Å². The van der Waals surface area contributed by atoms with Gasteiger partial charge in [-0.3, -0.25) is 4.79 Å². The molecule has 0 aliphatic rings. The van der Waals surface area contributed by atoms with Crippen LogP contribution < -0.4 is 9.54 Å². The minimum absolute atomic E-state index is 0.272. The Morgan fingerprint density at radius 1 is 1.20 bits per heavy atom. The highest BCUT2D eigenvalue weighted by molar-refractivity contribution is 7.16. The third-order valence-electron chi connectivity index (χ3n) is 3.70. The number of halogens is 1. The molecule has 0 saturated heterocycles. The van der Waals surface area contributed by atoms with Crippen LogP contribution in [0, 0.1) is 0 Å². The number of carbonyl (C=O) groups is 1. The summed E-state index contributed by atoms with van der Waals surface area (Å²) in [6.45, 7) is 5.43. The minimum atomic E-state index is -0.272. The SMILES string of the molecule is CCCn1c(=NC(=O)c2ccc(Cl)cc2)sc2cccc(OCC)c21. The van der Waals surface area contributed by atoms with Crippen LogP contribution in [0.25, 0.3) is 10.2 Å². The van der Waals surface area contributed by atoms with Gasteiger partial charge in [0.15, 0.2) is 4.80 Å². The average Bonchev–Trinajstić information content (AvgIpc) is 2.94. The molecule has 25 heavy (non-hydrogen) atoms. The first-order chi connectivity index (χ1) is 12.1. The van der Waals surface area contributed by atoms with Gasteiger partial charge in [0.25, 0.3) is 5.91 Å². The second kappa shape index (κ2) is 7.85. The summed E-state index contributed by atoms with van der Waals surface area (Å²) < 4.78 is 8.89. The Labute approximate surface area is 155 Å². The third-order valence-corrected chi connectivity index (χ3v) is 5.00. The molecular formula is C19H19ClN2O2S. The fraction of sp³-hybridized carbons (Fsp3) is 0.263. The van der Waals surface area contributed by atoms with Crippen LogP contribution in [0.1, 0.15) is 30.6 Å². The number of aryl methyl sites for hydroxylation is 1. The molecule has 0 aliphatic heterocycles. The second-order valence-corrected chi connectivity index (χ2v) is 6.94. The number of amides is 1.